The van der Waals surface area contributed by atoms with E-state index in [1.165, 1.54) is 13.8 Å². The van der Waals surface area contributed by atoms with Crippen LogP contribution in [-0.4, -0.2) is 110 Å². The number of unbranched alkanes of at least 4 members (excludes halogenated alkanes) is 1. The van der Waals surface area contributed by atoms with Crippen LogP contribution in [0.1, 0.15) is 44.2 Å². The molecule has 5 atom stereocenters. The van der Waals surface area contributed by atoms with E-state index in [9.17, 15) is 33.9 Å². The average molecular weight is 683 g/mol. The molecule has 2 aromatic rings. The minimum atomic E-state index is -1.34. The zero-order chi connectivity index (χ0) is 36.6. The van der Waals surface area contributed by atoms with Gasteiger partial charge in [0.05, 0.1) is 34.3 Å². The first-order valence-corrected chi connectivity index (χ1v) is 16.4. The number of hydrogen-bond acceptors (Lipinski definition) is 7. The number of rotatable bonds is 20. The molecule has 14 nitrogen and oxygen atoms in total. The van der Waals surface area contributed by atoms with Crippen LogP contribution < -0.4 is 32.3 Å². The first-order chi connectivity index (χ1) is 23.1. The lowest BCUT2D eigenvalue weighted by molar-refractivity contribution is -0.870. The van der Waals surface area contributed by atoms with Gasteiger partial charge in [-0.05, 0) is 37.3 Å². The number of quaternary nitrogens is 1. The Morgan fingerprint density at radius 2 is 1.10 bits per heavy atom. The maximum Gasteiger partial charge on any atom is 0.243 e. The maximum absolute atomic E-state index is 13.8. The number of aliphatic hydroxyl groups is 1. The molecule has 0 spiro atoms. The molecule has 0 unspecified atom stereocenters. The van der Waals surface area contributed by atoms with Crippen molar-refractivity contribution in [3.05, 3.63) is 71.8 Å². The van der Waals surface area contributed by atoms with Crippen molar-refractivity contribution < 1.29 is 38.4 Å². The number of carbonyl (C=O) groups excluding carboxylic acids is 6. The summed E-state index contributed by atoms with van der Waals surface area (Å²) in [5, 5.41) is 22.6. The molecule has 0 aliphatic heterocycles. The molecule has 0 bridgehead atoms. The van der Waals surface area contributed by atoms with Crippen molar-refractivity contribution in [2.45, 2.75) is 76.2 Å². The molecule has 0 aliphatic rings. The van der Waals surface area contributed by atoms with Crippen LogP contribution in [0.4, 0.5) is 0 Å². The third-order valence-electron chi connectivity index (χ3n) is 7.69. The van der Waals surface area contributed by atoms with Crippen LogP contribution in [0.3, 0.4) is 0 Å². The smallest absolute Gasteiger partial charge is 0.243 e. The normalized spacial score (nSPS) is 14.2. The Balaban J connectivity index is 2.24. The summed E-state index contributed by atoms with van der Waals surface area (Å²) in [6.07, 6.45) is 1.79. The van der Waals surface area contributed by atoms with Gasteiger partial charge in [-0.1, -0.05) is 60.7 Å². The molecule has 8 N–H and O–H groups in total. The SMILES string of the molecule is CC(=O)N[C@@H](Cc1ccccc1)C(=O)N[C@@H](C)C(=O)N[C@@H](Cc1ccccc1)C(=O)N[C@@H](CCCC[N+](C)(C)C)C(=O)N[C@@H](CO)C(N)=O. The minimum Gasteiger partial charge on any atom is -0.394 e. The number of nitrogens with zero attached hydrogens (tertiary/aromatic N) is 1. The summed E-state index contributed by atoms with van der Waals surface area (Å²) in [6.45, 7) is 2.85. The van der Waals surface area contributed by atoms with Gasteiger partial charge in [-0.15, -0.1) is 0 Å². The average Bonchev–Trinajstić information content (AvgIpc) is 3.04. The molecule has 0 aromatic heterocycles. The topological polar surface area (TPSA) is 209 Å². The predicted molar refractivity (Wildman–Crippen MR) is 184 cm³/mol. The molecular formula is C35H52N7O7+. The standard InChI is InChI=1S/C35H51N7O7/c1-23(37-34(48)28(38-24(2)44)20-25-14-8-6-9-15-25)32(46)40-29(21-26-16-10-7-11-17-26)35(49)39-27(18-12-13-19-42(3,4)5)33(47)41-30(22-43)31(36)45/h6-11,14-17,23,27-30,43H,12-13,18-22H2,1-5H3,(H6-,36,37,38,39,40,41,44,45,46,47,48,49)/p+1/t23-,27-,28-,29-,30-/m0/s1. The van der Waals surface area contributed by atoms with E-state index < -0.39 is 72.3 Å². The molecule has 6 amide bonds. The molecule has 268 valence electrons. The Morgan fingerprint density at radius 1 is 0.653 bits per heavy atom. The Hall–Kier alpha value is -4.82. The molecule has 0 heterocycles. The highest BCUT2D eigenvalue weighted by Crippen LogP contribution is 2.09. The highest BCUT2D eigenvalue weighted by atomic mass is 16.3. The largest absolute Gasteiger partial charge is 0.394 e. The van der Waals surface area contributed by atoms with Gasteiger partial charge < -0.3 is 41.9 Å². The van der Waals surface area contributed by atoms with Crippen LogP contribution in [0.2, 0.25) is 0 Å². The van der Waals surface area contributed by atoms with Crippen molar-refractivity contribution in [2.24, 2.45) is 5.73 Å². The number of nitrogens with one attached hydrogen (secondary N) is 5. The lowest BCUT2D eigenvalue weighted by Gasteiger charge is -2.27. The van der Waals surface area contributed by atoms with E-state index in [0.717, 1.165) is 24.1 Å². The van der Waals surface area contributed by atoms with E-state index in [2.05, 4.69) is 26.6 Å². The highest BCUT2D eigenvalue weighted by Gasteiger charge is 2.31. The predicted octanol–water partition coefficient (Wildman–Crippen LogP) is -0.710. The molecule has 2 aromatic carbocycles. The lowest BCUT2D eigenvalue weighted by Crippen LogP contribution is -2.59. The number of nitrogens with two attached hydrogens (primary N) is 1. The molecule has 2 rings (SSSR count). The first-order valence-electron chi connectivity index (χ1n) is 16.4. The van der Waals surface area contributed by atoms with Gasteiger partial charge in [0.25, 0.3) is 0 Å². The Labute approximate surface area is 288 Å². The number of benzene rings is 2. The van der Waals surface area contributed by atoms with E-state index in [1.54, 1.807) is 24.3 Å². The van der Waals surface area contributed by atoms with Crippen LogP contribution in [-0.2, 0) is 41.6 Å². The van der Waals surface area contributed by atoms with E-state index in [1.807, 2.05) is 57.5 Å². The maximum atomic E-state index is 13.8. The summed E-state index contributed by atoms with van der Waals surface area (Å²) in [5.74, 6) is -3.95. The molecule has 0 saturated carbocycles. The zero-order valence-electron chi connectivity index (χ0n) is 29.0. The minimum absolute atomic E-state index is 0.0675. The van der Waals surface area contributed by atoms with E-state index in [-0.39, 0.29) is 19.3 Å². The second-order valence-corrected chi connectivity index (χ2v) is 13.1. The summed E-state index contributed by atoms with van der Waals surface area (Å²) >= 11 is 0. The van der Waals surface area contributed by atoms with Crippen molar-refractivity contribution in [3.63, 3.8) is 0 Å². The number of primary amides is 1. The van der Waals surface area contributed by atoms with Crippen molar-refractivity contribution in [2.75, 3.05) is 34.3 Å². The third-order valence-corrected chi connectivity index (χ3v) is 7.69. The fourth-order valence-electron chi connectivity index (χ4n) is 4.99. The molecule has 49 heavy (non-hydrogen) atoms. The van der Waals surface area contributed by atoms with Gasteiger partial charge in [0.15, 0.2) is 0 Å². The van der Waals surface area contributed by atoms with Crippen LogP contribution >= 0.6 is 0 Å². The van der Waals surface area contributed by atoms with Gasteiger partial charge >= 0.3 is 0 Å². The zero-order valence-corrected chi connectivity index (χ0v) is 29.0. The second-order valence-electron chi connectivity index (χ2n) is 13.1. The van der Waals surface area contributed by atoms with Crippen LogP contribution in [0.25, 0.3) is 0 Å². The Kier molecular flexibility index (Phi) is 16.4. The highest BCUT2D eigenvalue weighted by molar-refractivity contribution is 5.96. The number of amides is 6. The monoisotopic (exact) mass is 682 g/mol. The van der Waals surface area contributed by atoms with Gasteiger partial charge in [-0.25, -0.2) is 0 Å². The van der Waals surface area contributed by atoms with Crippen LogP contribution in [0, 0.1) is 0 Å². The first kappa shape index (κ1) is 40.4. The van der Waals surface area contributed by atoms with Crippen LogP contribution in [0.15, 0.2) is 60.7 Å². The van der Waals surface area contributed by atoms with Crippen molar-refractivity contribution in [1.82, 2.24) is 26.6 Å². The van der Waals surface area contributed by atoms with Crippen molar-refractivity contribution in [3.8, 4) is 0 Å². The van der Waals surface area contributed by atoms with Crippen LogP contribution in [0.5, 0.6) is 0 Å². The Bertz CT molecular complexity index is 1400. The van der Waals surface area contributed by atoms with E-state index in [4.69, 9.17) is 5.73 Å². The van der Waals surface area contributed by atoms with E-state index >= 15 is 0 Å². The molecule has 0 radical (unpaired) electrons. The fourth-order valence-corrected chi connectivity index (χ4v) is 4.99. The fraction of sp³-hybridized carbons (Fsp3) is 0.486. The second kappa shape index (κ2) is 19.9. The van der Waals surface area contributed by atoms with Crippen molar-refractivity contribution in [1.29, 1.82) is 0 Å². The third kappa shape index (κ3) is 15.3. The van der Waals surface area contributed by atoms with Gasteiger partial charge in [0.1, 0.15) is 30.2 Å². The van der Waals surface area contributed by atoms with Gasteiger partial charge in [0.2, 0.25) is 35.4 Å². The molecule has 0 fully saturated rings. The number of carbonyl (C=O) groups is 6. The van der Waals surface area contributed by atoms with Gasteiger partial charge in [-0.2, -0.15) is 0 Å². The molecular weight excluding hydrogens is 630 g/mol. The molecule has 14 heteroatoms. The number of hydrogen-bond donors (Lipinski definition) is 7. The molecule has 0 saturated heterocycles. The summed E-state index contributed by atoms with van der Waals surface area (Å²) in [5.41, 5.74) is 6.84. The van der Waals surface area contributed by atoms with Crippen molar-refractivity contribution >= 4 is 35.4 Å². The lowest BCUT2D eigenvalue weighted by atomic mass is 10.0. The summed E-state index contributed by atoms with van der Waals surface area (Å²) < 4.78 is 0.704. The summed E-state index contributed by atoms with van der Waals surface area (Å²) in [6, 6.07) is 12.4. The van der Waals surface area contributed by atoms with Gasteiger partial charge in [-0.3, -0.25) is 28.8 Å². The summed E-state index contributed by atoms with van der Waals surface area (Å²) in [4.78, 5) is 77.2. The molecule has 0 aliphatic carbocycles. The van der Waals surface area contributed by atoms with E-state index in [0.29, 0.717) is 10.9 Å². The number of aliphatic hydroxyl groups excluding tert-OH is 1. The Morgan fingerprint density at radius 3 is 1.57 bits per heavy atom. The van der Waals surface area contributed by atoms with Gasteiger partial charge in [0, 0.05) is 19.8 Å². The summed E-state index contributed by atoms with van der Waals surface area (Å²) in [7, 11) is 6.11. The quantitative estimate of drug-likeness (QED) is 0.0704.